The fourth-order valence-corrected chi connectivity index (χ4v) is 5.30. The average molecular weight is 449 g/mol. The van der Waals surface area contributed by atoms with Crippen molar-refractivity contribution in [1.29, 1.82) is 0 Å². The first-order chi connectivity index (χ1) is 14.7. The quantitative estimate of drug-likeness (QED) is 0.702. The molecule has 0 spiro atoms. The molecule has 1 amide bonds. The lowest BCUT2D eigenvalue weighted by atomic mass is 10.1. The highest BCUT2D eigenvalue weighted by atomic mass is 32.2. The van der Waals surface area contributed by atoms with Crippen molar-refractivity contribution in [2.75, 3.05) is 32.8 Å². The molecule has 0 unspecified atom stereocenters. The Morgan fingerprint density at radius 3 is 2.42 bits per heavy atom. The summed E-state index contributed by atoms with van der Waals surface area (Å²) < 4.78 is 51.8. The van der Waals surface area contributed by atoms with Crippen LogP contribution in [0.1, 0.15) is 19.4 Å². The Hall–Kier alpha value is -2.65. The van der Waals surface area contributed by atoms with E-state index < -0.39 is 15.6 Å². The highest BCUT2D eigenvalue weighted by molar-refractivity contribution is 7.89. The third-order valence-electron chi connectivity index (χ3n) is 5.53. The van der Waals surface area contributed by atoms with Gasteiger partial charge < -0.3 is 14.4 Å². The minimum absolute atomic E-state index is 0.203. The molecule has 166 valence electrons. The highest BCUT2D eigenvalue weighted by Crippen LogP contribution is 2.29. The minimum atomic E-state index is -3.65. The van der Waals surface area contributed by atoms with Gasteiger partial charge in [-0.15, -0.1) is 0 Å². The van der Waals surface area contributed by atoms with Crippen molar-refractivity contribution < 1.29 is 27.1 Å². The minimum Gasteiger partial charge on any atom is -0.493 e. The van der Waals surface area contributed by atoms with Crippen LogP contribution >= 0.6 is 0 Å². The van der Waals surface area contributed by atoms with E-state index >= 15 is 0 Å². The van der Waals surface area contributed by atoms with Crippen LogP contribution in [-0.4, -0.2) is 61.9 Å². The first-order valence-corrected chi connectivity index (χ1v) is 11.6. The summed E-state index contributed by atoms with van der Waals surface area (Å²) in [6, 6.07) is 10.4. The Labute approximate surface area is 181 Å². The summed E-state index contributed by atoms with van der Waals surface area (Å²) in [6.07, 6.45) is 0.699. The molecule has 2 heterocycles. The molecule has 7 nitrogen and oxygen atoms in total. The molecule has 0 aromatic heterocycles. The molecular weight excluding hydrogens is 423 g/mol. The zero-order valence-electron chi connectivity index (χ0n) is 17.5. The van der Waals surface area contributed by atoms with Crippen LogP contribution in [0, 0.1) is 5.82 Å². The lowest BCUT2D eigenvalue weighted by Crippen LogP contribution is -2.56. The fraction of sp³-hybridized carbons (Fsp3) is 0.409. The van der Waals surface area contributed by atoms with Gasteiger partial charge in [0.05, 0.1) is 11.5 Å². The number of sulfonamides is 1. The molecule has 2 aromatic carbocycles. The zero-order chi connectivity index (χ0) is 22.2. The molecule has 0 radical (unpaired) electrons. The summed E-state index contributed by atoms with van der Waals surface area (Å²) in [6.45, 7) is 4.80. The number of ether oxygens (including phenoxy) is 2. The standard InChI is InChI=1S/C22H25FN2O5S/c1-22(2,30-18-5-3-17(23)4-6-18)21(26)24-10-12-25(13-11-24)31(27,28)19-7-8-20-16(15-19)9-14-29-20/h3-8,15H,9-14H2,1-2H3. The van der Waals surface area contributed by atoms with Gasteiger partial charge in [-0.1, -0.05) is 0 Å². The molecule has 0 atom stereocenters. The van der Waals surface area contributed by atoms with Gasteiger partial charge in [-0.2, -0.15) is 4.31 Å². The maximum absolute atomic E-state index is 13.1. The van der Waals surface area contributed by atoms with E-state index in [2.05, 4.69) is 0 Å². The topological polar surface area (TPSA) is 76.2 Å². The van der Waals surface area contributed by atoms with Crippen LogP contribution in [0.3, 0.4) is 0 Å². The van der Waals surface area contributed by atoms with Crippen LogP contribution in [0.4, 0.5) is 4.39 Å². The van der Waals surface area contributed by atoms with Crippen LogP contribution < -0.4 is 9.47 Å². The Morgan fingerprint density at radius 2 is 1.74 bits per heavy atom. The number of fused-ring (bicyclic) bond motifs is 1. The van der Waals surface area contributed by atoms with Crippen molar-refractivity contribution in [2.45, 2.75) is 30.8 Å². The van der Waals surface area contributed by atoms with E-state index in [1.807, 2.05) is 0 Å². The van der Waals surface area contributed by atoms with Crippen molar-refractivity contribution in [1.82, 2.24) is 9.21 Å². The first kappa shape index (κ1) is 21.6. The van der Waals surface area contributed by atoms with E-state index in [1.165, 1.54) is 28.6 Å². The molecule has 1 saturated heterocycles. The summed E-state index contributed by atoms with van der Waals surface area (Å²) in [4.78, 5) is 14.8. The fourth-order valence-electron chi connectivity index (χ4n) is 3.83. The number of carbonyl (C=O) groups is 1. The van der Waals surface area contributed by atoms with Gasteiger partial charge in [0, 0.05) is 32.6 Å². The van der Waals surface area contributed by atoms with Crippen LogP contribution in [0.25, 0.3) is 0 Å². The van der Waals surface area contributed by atoms with Crippen LogP contribution in [0.2, 0.25) is 0 Å². The maximum Gasteiger partial charge on any atom is 0.266 e. The predicted molar refractivity (Wildman–Crippen MR) is 112 cm³/mol. The molecule has 0 bridgehead atoms. The monoisotopic (exact) mass is 448 g/mol. The van der Waals surface area contributed by atoms with Crippen molar-refractivity contribution in [3.05, 3.63) is 53.8 Å². The molecule has 0 saturated carbocycles. The molecule has 2 aliphatic rings. The molecule has 0 aliphatic carbocycles. The molecule has 2 aliphatic heterocycles. The second-order valence-electron chi connectivity index (χ2n) is 8.13. The second-order valence-corrected chi connectivity index (χ2v) is 10.1. The molecule has 1 fully saturated rings. The third kappa shape index (κ3) is 4.38. The van der Waals surface area contributed by atoms with Gasteiger partial charge in [-0.3, -0.25) is 4.79 Å². The molecule has 4 rings (SSSR count). The highest BCUT2D eigenvalue weighted by Gasteiger charge is 2.38. The Morgan fingerprint density at radius 1 is 1.06 bits per heavy atom. The summed E-state index contributed by atoms with van der Waals surface area (Å²) in [5, 5.41) is 0. The number of hydrogen-bond donors (Lipinski definition) is 0. The summed E-state index contributed by atoms with van der Waals surface area (Å²) >= 11 is 0. The third-order valence-corrected chi connectivity index (χ3v) is 7.42. The van der Waals surface area contributed by atoms with E-state index in [9.17, 15) is 17.6 Å². The van der Waals surface area contributed by atoms with Crippen molar-refractivity contribution in [2.24, 2.45) is 0 Å². The van der Waals surface area contributed by atoms with Gasteiger partial charge in [0.25, 0.3) is 5.91 Å². The predicted octanol–water partition coefficient (Wildman–Crippen LogP) is 2.45. The van der Waals surface area contributed by atoms with Gasteiger partial charge in [0.2, 0.25) is 10.0 Å². The average Bonchev–Trinajstić information content (AvgIpc) is 3.23. The zero-order valence-corrected chi connectivity index (χ0v) is 18.3. The van der Waals surface area contributed by atoms with Crippen molar-refractivity contribution in [3.8, 4) is 11.5 Å². The smallest absolute Gasteiger partial charge is 0.266 e. The van der Waals surface area contributed by atoms with Crippen LogP contribution in [-0.2, 0) is 21.2 Å². The van der Waals surface area contributed by atoms with E-state index in [1.54, 1.807) is 36.9 Å². The normalized spacial score (nSPS) is 17.2. The number of rotatable bonds is 5. The van der Waals surface area contributed by atoms with Gasteiger partial charge in [-0.25, -0.2) is 12.8 Å². The SMILES string of the molecule is CC(C)(Oc1ccc(F)cc1)C(=O)N1CCN(S(=O)(=O)c2ccc3c(c2)CCO3)CC1. The number of piperazine rings is 1. The number of benzene rings is 2. The van der Waals surface area contributed by atoms with Crippen LogP contribution in [0.15, 0.2) is 47.4 Å². The lowest BCUT2D eigenvalue weighted by molar-refractivity contribution is -0.146. The molecular formula is C22H25FN2O5S. The Balaban J connectivity index is 1.40. The summed E-state index contributed by atoms with van der Waals surface area (Å²) in [7, 11) is -3.65. The lowest BCUT2D eigenvalue weighted by Gasteiger charge is -2.38. The van der Waals surface area contributed by atoms with Gasteiger partial charge in [-0.05, 0) is 61.9 Å². The van der Waals surface area contributed by atoms with Crippen molar-refractivity contribution >= 4 is 15.9 Å². The van der Waals surface area contributed by atoms with Gasteiger partial charge in [0.15, 0.2) is 5.60 Å². The van der Waals surface area contributed by atoms with Crippen LogP contribution in [0.5, 0.6) is 11.5 Å². The molecule has 2 aromatic rings. The van der Waals surface area contributed by atoms with E-state index in [0.29, 0.717) is 18.8 Å². The summed E-state index contributed by atoms with van der Waals surface area (Å²) in [5.41, 5.74) is -0.270. The number of nitrogens with zero attached hydrogens (tertiary/aromatic N) is 2. The maximum atomic E-state index is 13.1. The second kappa shape index (κ2) is 8.12. The van der Waals surface area contributed by atoms with Gasteiger partial charge >= 0.3 is 0 Å². The van der Waals surface area contributed by atoms with E-state index in [4.69, 9.17) is 9.47 Å². The Bertz CT molecular complexity index is 1080. The molecule has 9 heteroatoms. The van der Waals surface area contributed by atoms with Gasteiger partial charge in [0.1, 0.15) is 17.3 Å². The summed E-state index contributed by atoms with van der Waals surface area (Å²) in [5.74, 6) is 0.493. The molecule has 31 heavy (non-hydrogen) atoms. The number of carbonyl (C=O) groups excluding carboxylic acids is 1. The molecule has 0 N–H and O–H groups in total. The van der Waals surface area contributed by atoms with Crippen molar-refractivity contribution in [3.63, 3.8) is 0 Å². The Kier molecular flexibility index (Phi) is 5.65. The largest absolute Gasteiger partial charge is 0.493 e. The first-order valence-electron chi connectivity index (χ1n) is 10.2. The number of amides is 1. The number of hydrogen-bond acceptors (Lipinski definition) is 5. The van der Waals surface area contributed by atoms with E-state index in [0.717, 1.165) is 11.3 Å². The number of halogens is 1. The van der Waals surface area contributed by atoms with E-state index in [-0.39, 0.29) is 42.8 Å².